The van der Waals surface area contributed by atoms with Gasteiger partial charge in [-0.3, -0.25) is 4.18 Å². The Balaban J connectivity index is -0.000000125. The topological polar surface area (TPSA) is 69.4 Å². The SMILES string of the molecule is COS(N)(=O)=O.[H-].[Na+]. The maximum Gasteiger partial charge on any atom is 1.00 e. The van der Waals surface area contributed by atoms with Crippen LogP contribution in [0.25, 0.3) is 0 Å². The zero-order valence-corrected chi connectivity index (χ0v) is 7.03. The minimum Gasteiger partial charge on any atom is -1.00 e. The van der Waals surface area contributed by atoms with Crippen molar-refractivity contribution in [3.63, 3.8) is 0 Å². The Bertz CT molecular complexity index is 121. The quantitative estimate of drug-likeness (QED) is 0.372. The first kappa shape index (κ1) is 10.8. The van der Waals surface area contributed by atoms with Gasteiger partial charge in [0.2, 0.25) is 0 Å². The number of hydrogen-bond acceptors (Lipinski definition) is 3. The van der Waals surface area contributed by atoms with Crippen molar-refractivity contribution < 1.29 is 43.6 Å². The molecule has 0 heterocycles. The van der Waals surface area contributed by atoms with E-state index in [1.165, 1.54) is 0 Å². The molecule has 0 rings (SSSR count). The van der Waals surface area contributed by atoms with Gasteiger partial charge < -0.3 is 1.43 Å². The summed E-state index contributed by atoms with van der Waals surface area (Å²) in [5, 5.41) is 4.28. The third-order valence-electron chi connectivity index (χ3n) is 0.232. The molecule has 2 N–H and O–H groups in total. The van der Waals surface area contributed by atoms with Gasteiger partial charge in [-0.15, -0.1) is 0 Å². The Morgan fingerprint density at radius 1 is 1.71 bits per heavy atom. The van der Waals surface area contributed by atoms with E-state index in [1.54, 1.807) is 0 Å². The molecule has 0 unspecified atom stereocenters. The molecule has 0 aliphatic carbocycles. The largest absolute Gasteiger partial charge is 1.00 e. The molecule has 0 saturated carbocycles. The van der Waals surface area contributed by atoms with E-state index in [0.29, 0.717) is 0 Å². The molecule has 4 nitrogen and oxygen atoms in total. The molecule has 0 radical (unpaired) electrons. The minimum atomic E-state index is -3.66. The summed E-state index contributed by atoms with van der Waals surface area (Å²) in [5.74, 6) is 0. The average Bonchev–Trinajstić information content (AvgIpc) is 1.35. The number of nitrogens with two attached hydrogens (primary N) is 1. The first-order valence-electron chi connectivity index (χ1n) is 1.14. The van der Waals surface area contributed by atoms with Crippen molar-refractivity contribution in [2.24, 2.45) is 5.14 Å². The smallest absolute Gasteiger partial charge is 1.00 e. The average molecular weight is 135 g/mol. The predicted octanol–water partition coefficient (Wildman–Crippen LogP) is -4.05. The second kappa shape index (κ2) is 3.82. The van der Waals surface area contributed by atoms with Crippen molar-refractivity contribution in [3.8, 4) is 0 Å². The maximum absolute atomic E-state index is 9.56. The van der Waals surface area contributed by atoms with E-state index in [9.17, 15) is 8.42 Å². The van der Waals surface area contributed by atoms with Crippen LogP contribution >= 0.6 is 0 Å². The zero-order chi connectivity index (χ0) is 5.21. The fraction of sp³-hybridized carbons (Fsp3) is 1.00. The van der Waals surface area contributed by atoms with Gasteiger partial charge in [-0.1, -0.05) is 0 Å². The summed E-state index contributed by atoms with van der Waals surface area (Å²) >= 11 is 0. The molecule has 7 heavy (non-hydrogen) atoms. The van der Waals surface area contributed by atoms with Crippen LogP contribution in [0.15, 0.2) is 0 Å². The van der Waals surface area contributed by atoms with Crippen molar-refractivity contribution in [2.75, 3.05) is 7.11 Å². The summed E-state index contributed by atoms with van der Waals surface area (Å²) in [6.45, 7) is 0. The van der Waals surface area contributed by atoms with Crippen LogP contribution in [-0.4, -0.2) is 15.5 Å². The molecule has 0 aromatic heterocycles. The molecule has 0 aliphatic heterocycles. The summed E-state index contributed by atoms with van der Waals surface area (Å²) in [4.78, 5) is 0. The van der Waals surface area contributed by atoms with Crippen LogP contribution < -0.4 is 34.7 Å². The van der Waals surface area contributed by atoms with Gasteiger partial charge in [0.15, 0.2) is 0 Å². The third kappa shape index (κ3) is 10.9. The Morgan fingerprint density at radius 3 is 1.86 bits per heavy atom. The van der Waals surface area contributed by atoms with E-state index in [4.69, 9.17) is 0 Å². The van der Waals surface area contributed by atoms with Crippen LogP contribution in [-0.2, 0) is 14.5 Å². The van der Waals surface area contributed by atoms with E-state index in [-0.39, 0.29) is 31.0 Å². The van der Waals surface area contributed by atoms with Gasteiger partial charge in [-0.05, 0) is 0 Å². The molecule has 0 fully saturated rings. The van der Waals surface area contributed by atoms with Crippen LogP contribution in [0.3, 0.4) is 0 Å². The van der Waals surface area contributed by atoms with Gasteiger partial charge in [0.1, 0.15) is 0 Å². The summed E-state index contributed by atoms with van der Waals surface area (Å²) in [6, 6.07) is 0. The Kier molecular flexibility index (Phi) is 5.89. The normalized spacial score (nSPS) is 10.0. The summed E-state index contributed by atoms with van der Waals surface area (Å²) in [7, 11) is -2.67. The van der Waals surface area contributed by atoms with Crippen LogP contribution in [0, 0.1) is 0 Å². The van der Waals surface area contributed by atoms with Gasteiger partial charge in [0.05, 0.1) is 7.11 Å². The molecule has 0 atom stereocenters. The molecular weight excluding hydrogens is 129 g/mol. The minimum absolute atomic E-state index is 0. The van der Waals surface area contributed by atoms with Crippen molar-refractivity contribution in [3.05, 3.63) is 0 Å². The zero-order valence-electron chi connectivity index (χ0n) is 5.21. The molecule has 0 aliphatic rings. The van der Waals surface area contributed by atoms with Gasteiger partial charge in [-0.2, -0.15) is 8.42 Å². The standard InChI is InChI=1S/CH5NO3S.Na.H/c1-5-6(2,3)4;;/h1H3,(H2,2,3,4);;/q;+1;-1. The first-order valence-corrected chi connectivity index (χ1v) is 2.62. The van der Waals surface area contributed by atoms with Crippen molar-refractivity contribution in [1.29, 1.82) is 0 Å². The van der Waals surface area contributed by atoms with E-state index in [1.807, 2.05) is 0 Å². The second-order valence-electron chi connectivity index (χ2n) is 0.659. The van der Waals surface area contributed by atoms with Gasteiger partial charge in [0.25, 0.3) is 0 Å². The molecule has 0 aromatic carbocycles. The summed E-state index contributed by atoms with van der Waals surface area (Å²) in [5.41, 5.74) is 0. The van der Waals surface area contributed by atoms with Crippen molar-refractivity contribution in [2.45, 2.75) is 0 Å². The molecule has 40 valence electrons. The number of rotatable bonds is 1. The van der Waals surface area contributed by atoms with E-state index >= 15 is 0 Å². The van der Waals surface area contributed by atoms with E-state index in [2.05, 4.69) is 9.32 Å². The maximum atomic E-state index is 9.56. The van der Waals surface area contributed by atoms with Gasteiger partial charge in [0, 0.05) is 0 Å². The van der Waals surface area contributed by atoms with Crippen LogP contribution in [0.4, 0.5) is 0 Å². The summed E-state index contributed by atoms with van der Waals surface area (Å²) in [6.07, 6.45) is 0. The van der Waals surface area contributed by atoms with E-state index < -0.39 is 10.3 Å². The predicted molar refractivity (Wildman–Crippen MR) is 21.2 cm³/mol. The van der Waals surface area contributed by atoms with E-state index in [0.717, 1.165) is 7.11 Å². The molecule has 0 spiro atoms. The molecule has 0 amide bonds. The molecule has 0 aromatic rings. The molecular formula is CH6NNaO3S. The van der Waals surface area contributed by atoms with Crippen molar-refractivity contribution >= 4 is 10.3 Å². The van der Waals surface area contributed by atoms with Crippen LogP contribution in [0.2, 0.25) is 0 Å². The van der Waals surface area contributed by atoms with Crippen molar-refractivity contribution in [1.82, 2.24) is 0 Å². The Labute approximate surface area is 66.1 Å². The van der Waals surface area contributed by atoms with Crippen LogP contribution in [0.1, 0.15) is 1.43 Å². The molecule has 0 bridgehead atoms. The second-order valence-corrected chi connectivity index (χ2v) is 1.98. The number of hydrogen-bond donors (Lipinski definition) is 1. The molecule has 6 heteroatoms. The third-order valence-corrected chi connectivity index (χ3v) is 0.697. The molecule has 0 saturated heterocycles. The summed E-state index contributed by atoms with van der Waals surface area (Å²) < 4.78 is 22.8. The van der Waals surface area contributed by atoms with Crippen LogP contribution in [0.5, 0.6) is 0 Å². The first-order chi connectivity index (χ1) is 2.56. The Hall–Kier alpha value is 0.870. The van der Waals surface area contributed by atoms with Gasteiger partial charge in [-0.25, -0.2) is 5.14 Å². The Morgan fingerprint density at radius 2 is 1.86 bits per heavy atom. The fourth-order valence-electron chi connectivity index (χ4n) is 0. The monoisotopic (exact) mass is 135 g/mol. The fourth-order valence-corrected chi connectivity index (χ4v) is 0. The van der Waals surface area contributed by atoms with Gasteiger partial charge >= 0.3 is 39.9 Å².